The lowest BCUT2D eigenvalue weighted by molar-refractivity contribution is -0.122. The summed E-state index contributed by atoms with van der Waals surface area (Å²) in [5.41, 5.74) is 4.10. The fourth-order valence-electron chi connectivity index (χ4n) is 2.98. The minimum absolute atomic E-state index is 0.0635. The smallest absolute Gasteiger partial charge is 0.267 e. The maximum atomic E-state index is 12.7. The van der Waals surface area contributed by atoms with Crippen LogP contribution in [0.5, 0.6) is 5.75 Å². The second-order valence-corrected chi connectivity index (χ2v) is 8.59. The zero-order chi connectivity index (χ0) is 19.1. The highest BCUT2D eigenvalue weighted by Gasteiger charge is 2.35. The van der Waals surface area contributed by atoms with E-state index < -0.39 is 16.1 Å². The number of amides is 1. The van der Waals surface area contributed by atoms with Crippen LogP contribution in [0.3, 0.4) is 0 Å². The zero-order valence-corrected chi connectivity index (χ0v) is 16.1. The highest BCUT2D eigenvalue weighted by Crippen LogP contribution is 2.36. The summed E-state index contributed by atoms with van der Waals surface area (Å²) in [6, 6.07) is 11.0. The van der Waals surface area contributed by atoms with Crippen molar-refractivity contribution in [2.45, 2.75) is 26.9 Å². The summed E-state index contributed by atoms with van der Waals surface area (Å²) in [5.74, 6) is 0.00452. The van der Waals surface area contributed by atoms with Gasteiger partial charge in [0.05, 0.1) is 18.5 Å². The lowest BCUT2D eigenvalue weighted by Crippen LogP contribution is -2.48. The molecule has 6 nitrogen and oxygen atoms in total. The second kappa shape index (κ2) is 6.64. The first-order valence-corrected chi connectivity index (χ1v) is 10.1. The van der Waals surface area contributed by atoms with E-state index in [1.165, 1.54) is 4.31 Å². The predicted molar refractivity (Wildman–Crippen MR) is 102 cm³/mol. The molecule has 0 bridgehead atoms. The van der Waals surface area contributed by atoms with Crippen molar-refractivity contribution in [3.63, 3.8) is 0 Å². The molecule has 7 heteroatoms. The number of sulfonamides is 1. The third-order valence-electron chi connectivity index (χ3n) is 4.32. The Morgan fingerprint density at radius 3 is 2.42 bits per heavy atom. The van der Waals surface area contributed by atoms with E-state index in [4.69, 9.17) is 4.74 Å². The van der Waals surface area contributed by atoms with Gasteiger partial charge in [-0.15, -0.1) is 0 Å². The molecule has 0 unspecified atom stereocenters. The first-order chi connectivity index (χ1) is 12.1. The topological polar surface area (TPSA) is 75.7 Å². The fraction of sp³-hybridized carbons (Fsp3) is 0.316. The van der Waals surface area contributed by atoms with Crippen molar-refractivity contribution in [1.82, 2.24) is 0 Å². The van der Waals surface area contributed by atoms with E-state index in [1.807, 2.05) is 45.0 Å². The van der Waals surface area contributed by atoms with Crippen LogP contribution in [0.25, 0.3) is 0 Å². The van der Waals surface area contributed by atoms with Gasteiger partial charge in [0, 0.05) is 5.69 Å². The number of ether oxygens (including phenoxy) is 1. The van der Waals surface area contributed by atoms with E-state index in [9.17, 15) is 13.2 Å². The molecule has 1 atom stereocenters. The summed E-state index contributed by atoms with van der Waals surface area (Å²) in [5, 5.41) is 2.84. The van der Waals surface area contributed by atoms with Crippen LogP contribution >= 0.6 is 0 Å². The molecule has 0 spiro atoms. The van der Waals surface area contributed by atoms with Gasteiger partial charge >= 0.3 is 0 Å². The lowest BCUT2D eigenvalue weighted by atomic mass is 10.1. The van der Waals surface area contributed by atoms with E-state index in [2.05, 4.69) is 5.32 Å². The number of hydrogen-bond donors (Lipinski definition) is 1. The molecule has 3 rings (SSSR count). The molecule has 0 aliphatic carbocycles. The molecular formula is C19H22N2O4S. The zero-order valence-electron chi connectivity index (χ0n) is 15.2. The van der Waals surface area contributed by atoms with Crippen LogP contribution < -0.4 is 14.4 Å². The number of nitrogens with one attached hydrogen (secondary N) is 1. The molecule has 0 fully saturated rings. The molecule has 1 aliphatic rings. The maximum Gasteiger partial charge on any atom is 0.267 e. The van der Waals surface area contributed by atoms with E-state index in [1.54, 1.807) is 12.1 Å². The van der Waals surface area contributed by atoms with Crippen molar-refractivity contribution in [2.75, 3.05) is 22.4 Å². The average Bonchev–Trinajstić information content (AvgIpc) is 2.55. The number of aryl methyl sites for hydroxylation is 3. The van der Waals surface area contributed by atoms with Crippen LogP contribution in [0.4, 0.5) is 11.4 Å². The molecule has 1 heterocycles. The minimum Gasteiger partial charge on any atom is -0.476 e. The summed E-state index contributed by atoms with van der Waals surface area (Å²) < 4.78 is 31.5. The van der Waals surface area contributed by atoms with E-state index >= 15 is 0 Å². The molecule has 1 amide bonds. The maximum absolute atomic E-state index is 12.7. The van der Waals surface area contributed by atoms with Crippen LogP contribution in [-0.2, 0) is 14.8 Å². The van der Waals surface area contributed by atoms with Gasteiger partial charge in [0.2, 0.25) is 10.0 Å². The van der Waals surface area contributed by atoms with Crippen LogP contribution in [0, 0.1) is 20.8 Å². The SMILES string of the molecule is Cc1ccc(NC(=O)[C@H]2CN(S(C)(=O)=O)c3cc(C)ccc3O2)c(C)c1. The molecule has 0 radical (unpaired) electrons. The monoisotopic (exact) mass is 374 g/mol. The van der Waals surface area contributed by atoms with Crippen LogP contribution in [0.15, 0.2) is 36.4 Å². The largest absolute Gasteiger partial charge is 0.476 e. The molecule has 2 aromatic rings. The molecule has 1 N–H and O–H groups in total. The van der Waals surface area contributed by atoms with Crippen molar-refractivity contribution < 1.29 is 17.9 Å². The van der Waals surface area contributed by atoms with Gasteiger partial charge in [-0.1, -0.05) is 23.8 Å². The third kappa shape index (κ3) is 3.67. The Morgan fingerprint density at radius 1 is 1.12 bits per heavy atom. The number of benzene rings is 2. The first-order valence-electron chi connectivity index (χ1n) is 8.28. The number of rotatable bonds is 3. The molecule has 0 saturated carbocycles. The lowest BCUT2D eigenvalue weighted by Gasteiger charge is -2.34. The van der Waals surface area contributed by atoms with Gasteiger partial charge in [-0.05, 0) is 50.1 Å². The first kappa shape index (κ1) is 18.3. The minimum atomic E-state index is -3.54. The van der Waals surface area contributed by atoms with Crippen molar-refractivity contribution >= 4 is 27.3 Å². The molecular weight excluding hydrogens is 352 g/mol. The van der Waals surface area contributed by atoms with Crippen molar-refractivity contribution in [3.05, 3.63) is 53.1 Å². The van der Waals surface area contributed by atoms with Crippen molar-refractivity contribution in [1.29, 1.82) is 0 Å². The van der Waals surface area contributed by atoms with E-state index in [-0.39, 0.29) is 12.5 Å². The predicted octanol–water partition coefficient (Wildman–Crippen LogP) is 2.78. The third-order valence-corrected chi connectivity index (χ3v) is 5.46. The summed E-state index contributed by atoms with van der Waals surface area (Å²) in [7, 11) is -3.54. The van der Waals surface area contributed by atoms with Crippen LogP contribution in [-0.4, -0.2) is 33.2 Å². The number of carbonyl (C=O) groups excluding carboxylic acids is 1. The van der Waals surface area contributed by atoms with Gasteiger partial charge < -0.3 is 10.1 Å². The average molecular weight is 374 g/mol. The Bertz CT molecular complexity index is 969. The Labute approximate surface area is 153 Å². The molecule has 26 heavy (non-hydrogen) atoms. The number of carbonyl (C=O) groups is 1. The van der Waals surface area contributed by atoms with Gasteiger partial charge in [-0.25, -0.2) is 8.42 Å². The number of nitrogens with zero attached hydrogens (tertiary/aromatic N) is 1. The fourth-order valence-corrected chi connectivity index (χ4v) is 3.89. The van der Waals surface area contributed by atoms with Crippen molar-refractivity contribution in [2.24, 2.45) is 0 Å². The normalized spacial score (nSPS) is 16.6. The highest BCUT2D eigenvalue weighted by molar-refractivity contribution is 7.92. The Morgan fingerprint density at radius 2 is 1.77 bits per heavy atom. The van der Waals surface area contributed by atoms with Gasteiger partial charge in [-0.2, -0.15) is 0 Å². The van der Waals surface area contributed by atoms with Crippen LogP contribution in [0.2, 0.25) is 0 Å². The number of fused-ring (bicyclic) bond motifs is 1. The summed E-state index contributed by atoms with van der Waals surface area (Å²) in [6.07, 6.45) is 0.199. The van der Waals surface area contributed by atoms with Gasteiger partial charge in [-0.3, -0.25) is 9.10 Å². The summed E-state index contributed by atoms with van der Waals surface area (Å²) in [6.45, 7) is 5.70. The molecule has 2 aromatic carbocycles. The summed E-state index contributed by atoms with van der Waals surface area (Å²) in [4.78, 5) is 12.7. The Hall–Kier alpha value is -2.54. The molecule has 0 aromatic heterocycles. The molecule has 138 valence electrons. The Balaban J connectivity index is 1.89. The van der Waals surface area contributed by atoms with E-state index in [0.29, 0.717) is 17.1 Å². The molecule has 0 saturated heterocycles. The molecule has 1 aliphatic heterocycles. The standard InChI is InChI=1S/C19H22N2O4S/c1-12-5-7-15(14(3)9-12)20-19(22)18-11-21(26(4,23)24)16-10-13(2)6-8-17(16)25-18/h5-10,18H,11H2,1-4H3,(H,20,22)/t18-/m1/s1. The number of hydrogen-bond acceptors (Lipinski definition) is 4. The second-order valence-electron chi connectivity index (χ2n) is 6.68. The highest BCUT2D eigenvalue weighted by atomic mass is 32.2. The van der Waals surface area contributed by atoms with Gasteiger partial charge in [0.1, 0.15) is 5.75 Å². The Kier molecular flexibility index (Phi) is 4.66. The quantitative estimate of drug-likeness (QED) is 0.896. The summed E-state index contributed by atoms with van der Waals surface area (Å²) >= 11 is 0. The van der Waals surface area contributed by atoms with Gasteiger partial charge in [0.15, 0.2) is 6.10 Å². The van der Waals surface area contributed by atoms with E-state index in [0.717, 1.165) is 22.9 Å². The van der Waals surface area contributed by atoms with Crippen LogP contribution in [0.1, 0.15) is 16.7 Å². The number of anilines is 2. The van der Waals surface area contributed by atoms with Gasteiger partial charge in [0.25, 0.3) is 5.91 Å². The van der Waals surface area contributed by atoms with Crippen molar-refractivity contribution in [3.8, 4) is 5.75 Å².